The first-order valence-corrected chi connectivity index (χ1v) is 6.69. The first-order valence-electron chi connectivity index (χ1n) is 6.69. The third-order valence-corrected chi connectivity index (χ3v) is 3.97. The number of carbonyl (C=O) groups excluding carboxylic acids is 1. The molecule has 0 radical (unpaired) electrons. The molecule has 16 heavy (non-hydrogen) atoms. The number of carbonyl (C=O) groups is 1. The molecule has 1 rings (SSSR count). The van der Waals surface area contributed by atoms with Crippen LogP contribution in [0.25, 0.3) is 0 Å². The molecule has 0 aliphatic heterocycles. The molecule has 94 valence electrons. The molecule has 2 heteroatoms. The molecule has 1 saturated carbocycles. The molecule has 0 aromatic carbocycles. The number of Topliss-reactive ketones (excluding diaryl/α,β-unsaturated/α-hetero) is 1. The lowest BCUT2D eigenvalue weighted by Crippen LogP contribution is -2.38. The molecule has 1 fully saturated rings. The molecule has 1 atom stereocenters. The fraction of sp³-hybridized carbons (Fsp3) is 0.929. The van der Waals surface area contributed by atoms with Crippen LogP contribution < -0.4 is 0 Å². The monoisotopic (exact) mass is 226 g/mol. The third kappa shape index (κ3) is 3.89. The van der Waals surface area contributed by atoms with Crippen LogP contribution in [0.5, 0.6) is 0 Å². The van der Waals surface area contributed by atoms with E-state index in [2.05, 4.69) is 0 Å². The maximum atomic E-state index is 11.6. The first-order chi connectivity index (χ1) is 7.45. The van der Waals surface area contributed by atoms with Gasteiger partial charge in [-0.25, -0.2) is 0 Å². The molecule has 0 bridgehead atoms. The highest BCUT2D eigenvalue weighted by Crippen LogP contribution is 2.37. The Morgan fingerprint density at radius 3 is 2.31 bits per heavy atom. The summed E-state index contributed by atoms with van der Waals surface area (Å²) in [6, 6.07) is 0. The van der Waals surface area contributed by atoms with Crippen molar-refractivity contribution in [1.82, 2.24) is 0 Å². The molecule has 2 nitrogen and oxygen atoms in total. The van der Waals surface area contributed by atoms with E-state index in [0.717, 1.165) is 0 Å². The number of hydrogen-bond acceptors (Lipinski definition) is 2. The van der Waals surface area contributed by atoms with E-state index in [1.807, 2.05) is 20.8 Å². The fourth-order valence-corrected chi connectivity index (χ4v) is 2.92. The lowest BCUT2D eigenvalue weighted by atomic mass is 9.71. The van der Waals surface area contributed by atoms with Crippen molar-refractivity contribution in [2.24, 2.45) is 11.8 Å². The predicted octanol–water partition coefficient (Wildman–Crippen LogP) is 3.32. The summed E-state index contributed by atoms with van der Waals surface area (Å²) < 4.78 is 0. The average Bonchev–Trinajstić information content (AvgIpc) is 2.25. The quantitative estimate of drug-likeness (QED) is 0.780. The van der Waals surface area contributed by atoms with Crippen LogP contribution in [0.3, 0.4) is 0 Å². The highest BCUT2D eigenvalue weighted by molar-refractivity contribution is 5.78. The van der Waals surface area contributed by atoms with Gasteiger partial charge in [-0.05, 0) is 25.7 Å². The summed E-state index contributed by atoms with van der Waals surface area (Å²) in [5, 5.41) is 10.2. The lowest BCUT2D eigenvalue weighted by Gasteiger charge is -2.37. The van der Waals surface area contributed by atoms with Gasteiger partial charge in [0.25, 0.3) is 0 Å². The molecule has 1 aliphatic carbocycles. The van der Waals surface area contributed by atoms with Crippen LogP contribution in [0.1, 0.15) is 65.7 Å². The summed E-state index contributed by atoms with van der Waals surface area (Å²) >= 11 is 0. The van der Waals surface area contributed by atoms with Gasteiger partial charge in [-0.1, -0.05) is 39.0 Å². The van der Waals surface area contributed by atoms with Crippen molar-refractivity contribution in [1.29, 1.82) is 0 Å². The van der Waals surface area contributed by atoms with Gasteiger partial charge >= 0.3 is 0 Å². The largest absolute Gasteiger partial charge is 0.390 e. The fourth-order valence-electron chi connectivity index (χ4n) is 2.92. The molecular formula is C14H26O2. The number of hydrogen-bond donors (Lipinski definition) is 1. The Bertz CT molecular complexity index is 221. The smallest absolute Gasteiger partial charge is 0.133 e. The predicted molar refractivity (Wildman–Crippen MR) is 66.3 cm³/mol. The average molecular weight is 226 g/mol. The minimum Gasteiger partial charge on any atom is -0.390 e. The Labute approximate surface area is 99.4 Å². The van der Waals surface area contributed by atoms with E-state index < -0.39 is 5.60 Å². The Balaban J connectivity index is 2.66. The molecule has 1 N–H and O–H groups in total. The van der Waals surface area contributed by atoms with Crippen LogP contribution in [-0.4, -0.2) is 16.5 Å². The summed E-state index contributed by atoms with van der Waals surface area (Å²) in [5.74, 6) is 0.988. The van der Waals surface area contributed by atoms with E-state index in [1.165, 1.54) is 32.1 Å². The highest BCUT2D eigenvalue weighted by Gasteiger charge is 2.35. The summed E-state index contributed by atoms with van der Waals surface area (Å²) in [4.78, 5) is 11.6. The number of aliphatic hydroxyl groups is 1. The van der Waals surface area contributed by atoms with Crippen LogP contribution in [0.15, 0.2) is 0 Å². The second-order valence-electron chi connectivity index (χ2n) is 5.75. The molecular weight excluding hydrogens is 200 g/mol. The summed E-state index contributed by atoms with van der Waals surface area (Å²) in [6.07, 6.45) is 7.37. The minimum atomic E-state index is -0.715. The van der Waals surface area contributed by atoms with Crippen molar-refractivity contribution in [2.75, 3.05) is 0 Å². The van der Waals surface area contributed by atoms with Gasteiger partial charge in [-0.2, -0.15) is 0 Å². The Morgan fingerprint density at radius 1 is 1.31 bits per heavy atom. The molecule has 0 aromatic rings. The zero-order chi connectivity index (χ0) is 12.2. The van der Waals surface area contributed by atoms with Crippen LogP contribution in [0.4, 0.5) is 0 Å². The first kappa shape index (κ1) is 13.7. The van der Waals surface area contributed by atoms with Crippen molar-refractivity contribution in [3.63, 3.8) is 0 Å². The second kappa shape index (κ2) is 5.81. The molecule has 0 aromatic heterocycles. The van der Waals surface area contributed by atoms with Gasteiger partial charge in [-0.15, -0.1) is 0 Å². The van der Waals surface area contributed by atoms with Crippen molar-refractivity contribution in [3.8, 4) is 0 Å². The summed E-state index contributed by atoms with van der Waals surface area (Å²) in [5.41, 5.74) is -0.715. The maximum Gasteiger partial charge on any atom is 0.133 e. The molecule has 1 aliphatic rings. The minimum absolute atomic E-state index is 0.153. The summed E-state index contributed by atoms with van der Waals surface area (Å²) in [7, 11) is 0. The number of rotatable bonds is 5. The standard InChI is InChI=1S/C14H26O2/c1-4-12(15)10-13(14(2,3)16)11-8-6-5-7-9-11/h11,13,16H,4-10H2,1-3H3. The van der Waals surface area contributed by atoms with Gasteiger partial charge in [0.1, 0.15) is 5.78 Å². The van der Waals surface area contributed by atoms with Crippen LogP contribution in [-0.2, 0) is 4.79 Å². The van der Waals surface area contributed by atoms with Gasteiger partial charge in [0.05, 0.1) is 5.60 Å². The van der Waals surface area contributed by atoms with Crippen molar-refractivity contribution in [3.05, 3.63) is 0 Å². The van der Waals surface area contributed by atoms with Crippen LogP contribution in [0, 0.1) is 11.8 Å². The Hall–Kier alpha value is -0.370. The number of ketones is 1. The van der Waals surface area contributed by atoms with Crippen molar-refractivity contribution in [2.45, 2.75) is 71.3 Å². The highest BCUT2D eigenvalue weighted by atomic mass is 16.3. The third-order valence-electron chi connectivity index (χ3n) is 3.97. The Kier molecular flexibility index (Phi) is 4.97. The summed E-state index contributed by atoms with van der Waals surface area (Å²) in [6.45, 7) is 5.62. The molecule has 0 spiro atoms. The lowest BCUT2D eigenvalue weighted by molar-refractivity contribution is -0.123. The normalized spacial score (nSPS) is 20.8. The van der Waals surface area contributed by atoms with Crippen molar-refractivity contribution < 1.29 is 9.90 Å². The van der Waals surface area contributed by atoms with E-state index in [0.29, 0.717) is 18.8 Å². The molecule has 0 amide bonds. The van der Waals surface area contributed by atoms with E-state index >= 15 is 0 Å². The van der Waals surface area contributed by atoms with Crippen LogP contribution in [0.2, 0.25) is 0 Å². The van der Waals surface area contributed by atoms with E-state index in [4.69, 9.17) is 0 Å². The van der Waals surface area contributed by atoms with Gasteiger partial charge in [0.2, 0.25) is 0 Å². The molecule has 0 saturated heterocycles. The van der Waals surface area contributed by atoms with Crippen molar-refractivity contribution >= 4 is 5.78 Å². The van der Waals surface area contributed by atoms with E-state index in [9.17, 15) is 9.90 Å². The van der Waals surface area contributed by atoms with Gasteiger partial charge < -0.3 is 5.11 Å². The second-order valence-corrected chi connectivity index (χ2v) is 5.75. The Morgan fingerprint density at radius 2 is 1.88 bits per heavy atom. The van der Waals surface area contributed by atoms with E-state index in [1.54, 1.807) is 0 Å². The zero-order valence-electron chi connectivity index (χ0n) is 11.0. The topological polar surface area (TPSA) is 37.3 Å². The van der Waals surface area contributed by atoms with E-state index in [-0.39, 0.29) is 11.7 Å². The molecule has 1 unspecified atom stereocenters. The maximum absolute atomic E-state index is 11.6. The van der Waals surface area contributed by atoms with Gasteiger partial charge in [-0.3, -0.25) is 4.79 Å². The van der Waals surface area contributed by atoms with Crippen LogP contribution >= 0.6 is 0 Å². The van der Waals surface area contributed by atoms with Gasteiger partial charge in [0.15, 0.2) is 0 Å². The molecule has 0 heterocycles. The SMILES string of the molecule is CCC(=O)CC(C1CCCCC1)C(C)(C)O. The zero-order valence-corrected chi connectivity index (χ0v) is 11.0. The van der Waals surface area contributed by atoms with Gasteiger partial charge in [0, 0.05) is 12.8 Å².